The zero-order chi connectivity index (χ0) is 23.6. The highest BCUT2D eigenvalue weighted by Crippen LogP contribution is 2.32. The van der Waals surface area contributed by atoms with Crippen LogP contribution in [-0.4, -0.2) is 20.4 Å². The first kappa shape index (κ1) is 22.8. The highest BCUT2D eigenvalue weighted by molar-refractivity contribution is 7.98. The lowest BCUT2D eigenvalue weighted by atomic mass is 10.1. The maximum atomic E-state index is 13.0. The first-order chi connectivity index (χ1) is 15.7. The number of carbonyl (C=O) groups excluding carboxylic acids is 1. The van der Waals surface area contributed by atoms with Crippen LogP contribution in [0.2, 0.25) is 0 Å². The second-order valence-electron chi connectivity index (χ2n) is 7.74. The van der Waals surface area contributed by atoms with Gasteiger partial charge in [-0.15, -0.1) is 0 Å². The molecule has 170 valence electrons. The molecule has 4 rings (SSSR count). The number of nitrogens with zero attached hydrogens (tertiary/aromatic N) is 3. The van der Waals surface area contributed by atoms with Gasteiger partial charge in [-0.25, -0.2) is 9.97 Å². The topological polar surface area (TPSA) is 59.8 Å². The molecular formula is C24H21F3N4OS. The molecule has 4 aromatic rings. The summed E-state index contributed by atoms with van der Waals surface area (Å²) in [6, 6.07) is 14.5. The lowest BCUT2D eigenvalue weighted by molar-refractivity contribution is -0.137. The number of pyridine rings is 1. The number of aromatic nitrogens is 3. The molecule has 2 heterocycles. The summed E-state index contributed by atoms with van der Waals surface area (Å²) in [6.45, 7) is 3.89. The summed E-state index contributed by atoms with van der Waals surface area (Å²) in [7, 11) is 0. The number of amides is 1. The highest BCUT2D eigenvalue weighted by atomic mass is 32.2. The summed E-state index contributed by atoms with van der Waals surface area (Å²) in [5.74, 6) is 0.0252. The van der Waals surface area contributed by atoms with Crippen LogP contribution in [0.1, 0.15) is 22.3 Å². The summed E-state index contributed by atoms with van der Waals surface area (Å²) in [5, 5.41) is 3.41. The molecule has 2 aromatic carbocycles. The van der Waals surface area contributed by atoms with E-state index in [1.165, 1.54) is 17.8 Å². The molecule has 0 fully saturated rings. The average molecular weight is 471 g/mol. The Labute approximate surface area is 193 Å². The molecule has 0 atom stereocenters. The van der Waals surface area contributed by atoms with Gasteiger partial charge in [0, 0.05) is 17.6 Å². The van der Waals surface area contributed by atoms with E-state index >= 15 is 0 Å². The van der Waals surface area contributed by atoms with Crippen molar-refractivity contribution in [3.8, 4) is 0 Å². The smallest absolute Gasteiger partial charge is 0.325 e. The van der Waals surface area contributed by atoms with Crippen LogP contribution >= 0.6 is 11.8 Å². The average Bonchev–Trinajstić information content (AvgIpc) is 3.08. The van der Waals surface area contributed by atoms with Crippen LogP contribution in [0, 0.1) is 13.8 Å². The second kappa shape index (κ2) is 9.27. The standard InChI is InChI=1S/C24H21F3N4OS/c1-15-9-16(2)11-19(10-15)29-21(32)13-31-22-20(7-4-8-28-22)30-23(31)33-14-17-5-3-6-18(12-17)24(25,26)27/h3-12H,13-14H2,1-2H3,(H,29,32). The summed E-state index contributed by atoms with van der Waals surface area (Å²) in [5.41, 5.74) is 3.76. The lowest BCUT2D eigenvalue weighted by Gasteiger charge is -2.11. The van der Waals surface area contributed by atoms with E-state index in [1.807, 2.05) is 32.0 Å². The number of nitrogens with one attached hydrogen (secondary N) is 1. The van der Waals surface area contributed by atoms with Crippen molar-refractivity contribution in [1.82, 2.24) is 14.5 Å². The van der Waals surface area contributed by atoms with E-state index in [-0.39, 0.29) is 18.2 Å². The molecule has 0 spiro atoms. The normalized spacial score (nSPS) is 11.7. The Morgan fingerprint density at radius 1 is 1.06 bits per heavy atom. The van der Waals surface area contributed by atoms with Gasteiger partial charge in [-0.1, -0.05) is 36.0 Å². The Bertz CT molecular complexity index is 1300. The number of thioether (sulfide) groups is 1. The van der Waals surface area contributed by atoms with E-state index in [1.54, 1.807) is 29.0 Å². The van der Waals surface area contributed by atoms with Gasteiger partial charge in [0.15, 0.2) is 10.8 Å². The van der Waals surface area contributed by atoms with Crippen molar-refractivity contribution < 1.29 is 18.0 Å². The number of rotatable bonds is 6. The number of alkyl halides is 3. The number of anilines is 1. The quantitative estimate of drug-likeness (QED) is 0.351. The van der Waals surface area contributed by atoms with Crippen LogP contribution in [0.15, 0.2) is 66.0 Å². The Morgan fingerprint density at radius 3 is 2.55 bits per heavy atom. The summed E-state index contributed by atoms with van der Waals surface area (Å²) in [6.07, 6.45) is -2.78. The third kappa shape index (κ3) is 5.54. The van der Waals surface area contributed by atoms with Gasteiger partial charge in [-0.05, 0) is 60.9 Å². The minimum atomic E-state index is -4.40. The first-order valence-corrected chi connectivity index (χ1v) is 11.2. The van der Waals surface area contributed by atoms with E-state index in [4.69, 9.17) is 0 Å². The molecule has 2 aromatic heterocycles. The van der Waals surface area contributed by atoms with Gasteiger partial charge in [-0.3, -0.25) is 9.36 Å². The minimum absolute atomic E-state index is 0.0224. The number of aryl methyl sites for hydroxylation is 2. The third-order valence-electron chi connectivity index (χ3n) is 4.90. The Kier molecular flexibility index (Phi) is 6.42. The van der Waals surface area contributed by atoms with Gasteiger partial charge < -0.3 is 5.32 Å². The van der Waals surface area contributed by atoms with Gasteiger partial charge >= 0.3 is 6.18 Å². The van der Waals surface area contributed by atoms with Gasteiger partial charge in [0.1, 0.15) is 12.1 Å². The molecule has 0 aliphatic rings. The molecule has 0 saturated heterocycles. The molecule has 0 radical (unpaired) electrons. The van der Waals surface area contributed by atoms with Crippen LogP contribution in [0.4, 0.5) is 18.9 Å². The Hall–Kier alpha value is -3.33. The predicted octanol–water partition coefficient (Wildman–Crippen LogP) is 6.00. The number of imidazole rings is 1. The van der Waals surface area contributed by atoms with E-state index in [0.717, 1.165) is 23.3 Å². The first-order valence-electron chi connectivity index (χ1n) is 10.2. The number of halogens is 3. The number of hydrogen-bond donors (Lipinski definition) is 1. The van der Waals surface area contributed by atoms with Crippen LogP contribution < -0.4 is 5.32 Å². The predicted molar refractivity (Wildman–Crippen MR) is 123 cm³/mol. The Balaban J connectivity index is 1.56. The maximum Gasteiger partial charge on any atom is 0.416 e. The van der Waals surface area contributed by atoms with Crippen molar-refractivity contribution >= 4 is 34.5 Å². The van der Waals surface area contributed by atoms with Crippen LogP contribution in [0.3, 0.4) is 0 Å². The molecule has 0 saturated carbocycles. The fourth-order valence-electron chi connectivity index (χ4n) is 3.57. The molecule has 0 unspecified atom stereocenters. The van der Waals surface area contributed by atoms with Crippen molar-refractivity contribution in [2.24, 2.45) is 0 Å². The van der Waals surface area contributed by atoms with Crippen molar-refractivity contribution in [2.75, 3.05) is 5.32 Å². The molecule has 0 bridgehead atoms. The number of carbonyl (C=O) groups is 1. The van der Waals surface area contributed by atoms with E-state index in [9.17, 15) is 18.0 Å². The monoisotopic (exact) mass is 470 g/mol. The number of fused-ring (bicyclic) bond motifs is 1. The largest absolute Gasteiger partial charge is 0.416 e. The van der Waals surface area contributed by atoms with Gasteiger partial charge in [-0.2, -0.15) is 13.2 Å². The van der Waals surface area contributed by atoms with Crippen molar-refractivity contribution in [1.29, 1.82) is 0 Å². The van der Waals surface area contributed by atoms with Crippen LogP contribution in [0.5, 0.6) is 0 Å². The number of benzene rings is 2. The van der Waals surface area contributed by atoms with E-state index in [2.05, 4.69) is 15.3 Å². The fraction of sp³-hybridized carbons (Fsp3) is 0.208. The molecule has 5 nitrogen and oxygen atoms in total. The van der Waals surface area contributed by atoms with Gasteiger partial charge in [0.25, 0.3) is 0 Å². The fourth-order valence-corrected chi connectivity index (χ4v) is 4.51. The zero-order valence-corrected chi connectivity index (χ0v) is 18.8. The SMILES string of the molecule is Cc1cc(C)cc(NC(=O)Cn2c(SCc3cccc(C(F)(F)F)c3)nc3cccnc32)c1. The molecule has 1 amide bonds. The van der Waals surface area contributed by atoms with Gasteiger partial charge in [0.05, 0.1) is 5.56 Å². The summed E-state index contributed by atoms with van der Waals surface area (Å²) in [4.78, 5) is 21.7. The summed E-state index contributed by atoms with van der Waals surface area (Å²) >= 11 is 1.26. The van der Waals surface area contributed by atoms with E-state index in [0.29, 0.717) is 27.6 Å². The Morgan fingerprint density at radius 2 is 1.82 bits per heavy atom. The van der Waals surface area contributed by atoms with E-state index < -0.39 is 11.7 Å². The zero-order valence-electron chi connectivity index (χ0n) is 18.0. The lowest BCUT2D eigenvalue weighted by Crippen LogP contribution is -2.19. The van der Waals surface area contributed by atoms with Crippen molar-refractivity contribution in [3.05, 3.63) is 83.0 Å². The number of hydrogen-bond acceptors (Lipinski definition) is 4. The van der Waals surface area contributed by atoms with Crippen molar-refractivity contribution in [3.63, 3.8) is 0 Å². The maximum absolute atomic E-state index is 13.0. The van der Waals surface area contributed by atoms with Crippen LogP contribution in [-0.2, 0) is 23.3 Å². The van der Waals surface area contributed by atoms with Gasteiger partial charge in [0.2, 0.25) is 5.91 Å². The third-order valence-corrected chi connectivity index (χ3v) is 5.95. The van der Waals surface area contributed by atoms with Crippen molar-refractivity contribution in [2.45, 2.75) is 37.5 Å². The molecule has 0 aliphatic heterocycles. The van der Waals surface area contributed by atoms with Crippen LogP contribution in [0.25, 0.3) is 11.2 Å². The molecule has 33 heavy (non-hydrogen) atoms. The minimum Gasteiger partial charge on any atom is -0.325 e. The summed E-state index contributed by atoms with van der Waals surface area (Å²) < 4.78 is 40.8. The molecule has 0 aliphatic carbocycles. The molecule has 1 N–H and O–H groups in total. The highest BCUT2D eigenvalue weighted by Gasteiger charge is 2.30. The molecule has 9 heteroatoms. The second-order valence-corrected chi connectivity index (χ2v) is 8.68. The molecular weight excluding hydrogens is 449 g/mol.